The summed E-state index contributed by atoms with van der Waals surface area (Å²) in [6, 6.07) is 10.6. The Morgan fingerprint density at radius 2 is 2.00 bits per heavy atom. The van der Waals surface area contributed by atoms with Gasteiger partial charge in [-0.1, -0.05) is 38.1 Å². The standard InChI is InChI=1S/C13H15NO/c1-10(2)11-5-3-4-6-12(11)13(7-14)8-15-9-13/h3-6,10H,8-9H2,1-2H3. The van der Waals surface area contributed by atoms with Crippen molar-refractivity contribution in [2.75, 3.05) is 13.2 Å². The largest absolute Gasteiger partial charge is 0.377 e. The van der Waals surface area contributed by atoms with Crippen molar-refractivity contribution >= 4 is 0 Å². The van der Waals surface area contributed by atoms with Gasteiger partial charge in [-0.05, 0) is 17.0 Å². The van der Waals surface area contributed by atoms with Crippen molar-refractivity contribution in [3.8, 4) is 6.07 Å². The van der Waals surface area contributed by atoms with Gasteiger partial charge in [0.15, 0.2) is 0 Å². The zero-order chi connectivity index (χ0) is 10.9. The maximum atomic E-state index is 9.27. The second kappa shape index (κ2) is 3.67. The molecule has 0 atom stereocenters. The topological polar surface area (TPSA) is 33.0 Å². The molecule has 0 saturated carbocycles. The summed E-state index contributed by atoms with van der Waals surface area (Å²) in [5, 5.41) is 9.27. The van der Waals surface area contributed by atoms with E-state index in [1.54, 1.807) is 0 Å². The minimum Gasteiger partial charge on any atom is -0.377 e. The predicted molar refractivity (Wildman–Crippen MR) is 58.6 cm³/mol. The van der Waals surface area contributed by atoms with E-state index < -0.39 is 0 Å². The molecule has 1 aromatic carbocycles. The molecule has 0 amide bonds. The SMILES string of the molecule is CC(C)c1ccccc1C1(C#N)COC1. The van der Waals surface area contributed by atoms with Gasteiger partial charge in [0.1, 0.15) is 5.41 Å². The molecule has 1 fully saturated rings. The Bertz CT molecular complexity index is 399. The van der Waals surface area contributed by atoms with E-state index in [9.17, 15) is 5.26 Å². The van der Waals surface area contributed by atoms with Crippen LogP contribution in [0.15, 0.2) is 24.3 Å². The Hall–Kier alpha value is -1.33. The average Bonchev–Trinajstić information content (AvgIpc) is 2.17. The molecular weight excluding hydrogens is 186 g/mol. The molecule has 1 aliphatic heterocycles. The van der Waals surface area contributed by atoms with E-state index in [4.69, 9.17) is 4.74 Å². The van der Waals surface area contributed by atoms with E-state index in [1.165, 1.54) is 5.56 Å². The average molecular weight is 201 g/mol. The molecule has 2 heteroatoms. The lowest BCUT2D eigenvalue weighted by molar-refractivity contribution is -0.0302. The molecule has 2 nitrogen and oxygen atoms in total. The monoisotopic (exact) mass is 201 g/mol. The van der Waals surface area contributed by atoms with Gasteiger partial charge >= 0.3 is 0 Å². The number of hydrogen-bond donors (Lipinski definition) is 0. The molecule has 0 bridgehead atoms. The van der Waals surface area contributed by atoms with Gasteiger partial charge in [0.2, 0.25) is 0 Å². The van der Waals surface area contributed by atoms with Crippen molar-refractivity contribution in [2.45, 2.75) is 25.2 Å². The lowest BCUT2D eigenvalue weighted by atomic mass is 9.76. The van der Waals surface area contributed by atoms with Crippen molar-refractivity contribution in [1.29, 1.82) is 5.26 Å². The lowest BCUT2D eigenvalue weighted by Crippen LogP contribution is -2.46. The number of hydrogen-bond acceptors (Lipinski definition) is 2. The fourth-order valence-corrected chi connectivity index (χ4v) is 2.02. The zero-order valence-corrected chi connectivity index (χ0v) is 9.16. The number of benzene rings is 1. The fourth-order valence-electron chi connectivity index (χ4n) is 2.02. The van der Waals surface area contributed by atoms with Crippen LogP contribution in [-0.4, -0.2) is 13.2 Å². The third-order valence-electron chi connectivity index (χ3n) is 3.01. The van der Waals surface area contributed by atoms with Gasteiger partial charge in [0, 0.05) is 0 Å². The Kier molecular flexibility index (Phi) is 2.50. The van der Waals surface area contributed by atoms with Crippen molar-refractivity contribution in [2.24, 2.45) is 0 Å². The van der Waals surface area contributed by atoms with Gasteiger partial charge in [-0.2, -0.15) is 5.26 Å². The summed E-state index contributed by atoms with van der Waals surface area (Å²) in [5.41, 5.74) is 2.03. The highest BCUT2D eigenvalue weighted by Crippen LogP contribution is 2.36. The summed E-state index contributed by atoms with van der Waals surface area (Å²) in [4.78, 5) is 0. The van der Waals surface area contributed by atoms with Crippen molar-refractivity contribution in [3.63, 3.8) is 0 Å². The Morgan fingerprint density at radius 3 is 2.47 bits per heavy atom. The molecule has 1 heterocycles. The zero-order valence-electron chi connectivity index (χ0n) is 9.16. The molecule has 0 unspecified atom stereocenters. The third kappa shape index (κ3) is 1.53. The van der Waals surface area contributed by atoms with Crippen LogP contribution in [0.5, 0.6) is 0 Å². The molecular formula is C13H15NO. The van der Waals surface area contributed by atoms with E-state index in [-0.39, 0.29) is 5.41 Å². The number of ether oxygens (including phenoxy) is 1. The summed E-state index contributed by atoms with van der Waals surface area (Å²) in [7, 11) is 0. The molecule has 0 aliphatic carbocycles. The minimum atomic E-state index is -0.388. The van der Waals surface area contributed by atoms with Gasteiger partial charge in [0.05, 0.1) is 19.3 Å². The molecule has 1 aromatic rings. The molecule has 0 aromatic heterocycles. The lowest BCUT2D eigenvalue weighted by Gasteiger charge is -2.37. The van der Waals surface area contributed by atoms with Crippen LogP contribution < -0.4 is 0 Å². The summed E-state index contributed by atoms with van der Waals surface area (Å²) >= 11 is 0. The highest BCUT2D eigenvalue weighted by atomic mass is 16.5. The minimum absolute atomic E-state index is 0.388. The second-order valence-electron chi connectivity index (χ2n) is 4.43. The van der Waals surface area contributed by atoms with Crippen LogP contribution in [0, 0.1) is 11.3 Å². The molecule has 1 saturated heterocycles. The predicted octanol–water partition coefficient (Wildman–Crippen LogP) is 2.60. The van der Waals surface area contributed by atoms with Gasteiger partial charge in [-0.3, -0.25) is 0 Å². The summed E-state index contributed by atoms with van der Waals surface area (Å²) in [6.45, 7) is 5.38. The molecule has 1 aliphatic rings. The highest BCUT2D eigenvalue weighted by Gasteiger charge is 2.42. The fraction of sp³-hybridized carbons (Fsp3) is 0.462. The number of nitrogens with zero attached hydrogens (tertiary/aromatic N) is 1. The van der Waals surface area contributed by atoms with Crippen LogP contribution in [0.2, 0.25) is 0 Å². The van der Waals surface area contributed by atoms with Crippen molar-refractivity contribution in [1.82, 2.24) is 0 Å². The summed E-state index contributed by atoms with van der Waals surface area (Å²) in [5.74, 6) is 0.451. The molecule has 78 valence electrons. The van der Waals surface area contributed by atoms with Gasteiger partial charge < -0.3 is 4.74 Å². The van der Waals surface area contributed by atoms with Gasteiger partial charge in [0.25, 0.3) is 0 Å². The first kappa shape index (κ1) is 10.2. The number of nitriles is 1. The van der Waals surface area contributed by atoms with Crippen molar-refractivity contribution < 1.29 is 4.74 Å². The Morgan fingerprint density at radius 1 is 1.33 bits per heavy atom. The van der Waals surface area contributed by atoms with E-state index in [0.29, 0.717) is 19.1 Å². The first-order valence-corrected chi connectivity index (χ1v) is 5.28. The van der Waals surface area contributed by atoms with E-state index in [0.717, 1.165) is 5.56 Å². The van der Waals surface area contributed by atoms with Crippen LogP contribution >= 0.6 is 0 Å². The smallest absolute Gasteiger partial charge is 0.129 e. The first-order valence-electron chi connectivity index (χ1n) is 5.28. The molecule has 15 heavy (non-hydrogen) atoms. The van der Waals surface area contributed by atoms with Crippen LogP contribution in [-0.2, 0) is 10.2 Å². The van der Waals surface area contributed by atoms with Crippen LogP contribution in [0.3, 0.4) is 0 Å². The highest BCUT2D eigenvalue weighted by molar-refractivity contribution is 5.42. The van der Waals surface area contributed by atoms with Gasteiger partial charge in [-0.15, -0.1) is 0 Å². The molecule has 2 rings (SSSR count). The Labute approximate surface area is 90.5 Å². The maximum Gasteiger partial charge on any atom is 0.129 e. The third-order valence-corrected chi connectivity index (χ3v) is 3.01. The van der Waals surface area contributed by atoms with Crippen LogP contribution in [0.4, 0.5) is 0 Å². The number of rotatable bonds is 2. The van der Waals surface area contributed by atoms with Crippen molar-refractivity contribution in [3.05, 3.63) is 35.4 Å². The summed E-state index contributed by atoms with van der Waals surface area (Å²) < 4.78 is 5.20. The van der Waals surface area contributed by atoms with Crippen LogP contribution in [0.1, 0.15) is 30.9 Å². The second-order valence-corrected chi connectivity index (χ2v) is 4.43. The Balaban J connectivity index is 2.48. The van der Waals surface area contributed by atoms with E-state index >= 15 is 0 Å². The van der Waals surface area contributed by atoms with Crippen LogP contribution in [0.25, 0.3) is 0 Å². The van der Waals surface area contributed by atoms with E-state index in [2.05, 4.69) is 32.0 Å². The maximum absolute atomic E-state index is 9.27. The first-order chi connectivity index (χ1) is 7.19. The quantitative estimate of drug-likeness (QED) is 0.736. The summed E-state index contributed by atoms with van der Waals surface area (Å²) in [6.07, 6.45) is 0. The molecule has 0 N–H and O–H groups in total. The normalized spacial score (nSPS) is 18.3. The van der Waals surface area contributed by atoms with Gasteiger partial charge in [-0.25, -0.2) is 0 Å². The molecule has 0 radical (unpaired) electrons. The molecule has 0 spiro atoms. The van der Waals surface area contributed by atoms with E-state index in [1.807, 2.05) is 12.1 Å².